The lowest BCUT2D eigenvalue weighted by Gasteiger charge is -2.33. The van der Waals surface area contributed by atoms with E-state index < -0.39 is 11.6 Å². The average molecular weight is 344 g/mol. The predicted octanol–water partition coefficient (Wildman–Crippen LogP) is 3.98. The second-order valence-corrected chi connectivity index (χ2v) is 7.58. The number of H-pyrrole nitrogens is 1. The molecule has 2 N–H and O–H groups in total. The van der Waals surface area contributed by atoms with Crippen LogP contribution in [-0.2, 0) is 4.74 Å². The summed E-state index contributed by atoms with van der Waals surface area (Å²) in [6.07, 6.45) is 1.50. The molecule has 0 radical (unpaired) electrons. The number of piperidine rings is 1. The fraction of sp³-hybridized carbons (Fsp3) is 0.474. The maximum Gasteiger partial charge on any atom is 0.410 e. The van der Waals surface area contributed by atoms with Crippen LogP contribution in [0.1, 0.15) is 55.6 Å². The quantitative estimate of drug-likeness (QED) is 0.863. The molecule has 1 aromatic carbocycles. The fourth-order valence-electron chi connectivity index (χ4n) is 3.24. The first-order chi connectivity index (χ1) is 11.7. The van der Waals surface area contributed by atoms with Gasteiger partial charge in [0.15, 0.2) is 0 Å². The number of likely N-dealkylation sites (tertiary alicyclic amines) is 1. The molecule has 1 fully saturated rings. The van der Waals surface area contributed by atoms with E-state index in [4.69, 9.17) is 9.84 Å². The number of fused-ring (bicyclic) bond motifs is 1. The maximum absolute atomic E-state index is 12.1. The zero-order chi connectivity index (χ0) is 18.2. The highest BCUT2D eigenvalue weighted by Gasteiger charge is 2.27. The van der Waals surface area contributed by atoms with E-state index in [0.717, 1.165) is 23.7 Å². The minimum absolute atomic E-state index is 0.201. The number of carbonyl (C=O) groups excluding carboxylic acids is 1. The van der Waals surface area contributed by atoms with Crippen LogP contribution in [0.15, 0.2) is 24.3 Å². The average Bonchev–Trinajstić information content (AvgIpc) is 2.97. The Kier molecular flexibility index (Phi) is 4.45. The van der Waals surface area contributed by atoms with Crippen LogP contribution in [0, 0.1) is 0 Å². The molecule has 0 spiro atoms. The number of nitrogens with zero attached hydrogens (tertiary/aromatic N) is 1. The summed E-state index contributed by atoms with van der Waals surface area (Å²) in [5.74, 6) is -0.588. The number of carboxylic acids is 1. The van der Waals surface area contributed by atoms with Crippen LogP contribution >= 0.6 is 0 Å². The number of hydrogen-bond donors (Lipinski definition) is 2. The first-order valence-electron chi connectivity index (χ1n) is 8.57. The van der Waals surface area contributed by atoms with Gasteiger partial charge in [0.05, 0.1) is 0 Å². The lowest BCUT2D eigenvalue weighted by molar-refractivity contribution is 0.0204. The Labute approximate surface area is 146 Å². The molecule has 1 saturated heterocycles. The van der Waals surface area contributed by atoms with Crippen LogP contribution in [0.2, 0.25) is 0 Å². The molecule has 25 heavy (non-hydrogen) atoms. The zero-order valence-electron chi connectivity index (χ0n) is 14.8. The number of hydrogen-bond acceptors (Lipinski definition) is 3. The van der Waals surface area contributed by atoms with E-state index in [1.807, 2.05) is 39.0 Å². The van der Waals surface area contributed by atoms with E-state index in [1.54, 1.807) is 11.0 Å². The second-order valence-electron chi connectivity index (χ2n) is 7.58. The van der Waals surface area contributed by atoms with E-state index in [0.29, 0.717) is 19.0 Å². The smallest absolute Gasteiger partial charge is 0.410 e. The van der Waals surface area contributed by atoms with Crippen molar-refractivity contribution in [1.82, 2.24) is 9.88 Å². The third kappa shape index (κ3) is 3.95. The van der Waals surface area contributed by atoms with Crippen LogP contribution in [0.3, 0.4) is 0 Å². The zero-order valence-corrected chi connectivity index (χ0v) is 14.8. The van der Waals surface area contributed by atoms with Crippen molar-refractivity contribution in [2.45, 2.75) is 45.1 Å². The van der Waals surface area contributed by atoms with E-state index in [2.05, 4.69) is 4.98 Å². The fourth-order valence-corrected chi connectivity index (χ4v) is 3.24. The largest absolute Gasteiger partial charge is 0.477 e. The highest BCUT2D eigenvalue weighted by Crippen LogP contribution is 2.31. The molecule has 0 aliphatic carbocycles. The van der Waals surface area contributed by atoms with Gasteiger partial charge in [0.25, 0.3) is 0 Å². The van der Waals surface area contributed by atoms with Gasteiger partial charge >= 0.3 is 12.1 Å². The predicted molar refractivity (Wildman–Crippen MR) is 95.0 cm³/mol. The molecule has 1 aliphatic heterocycles. The number of carboxylic acid groups (broad SMARTS) is 1. The van der Waals surface area contributed by atoms with Crippen molar-refractivity contribution in [2.75, 3.05) is 13.1 Å². The van der Waals surface area contributed by atoms with Crippen LogP contribution in [0.5, 0.6) is 0 Å². The Balaban J connectivity index is 1.67. The third-order valence-corrected chi connectivity index (χ3v) is 4.49. The Bertz CT molecular complexity index is 795. The summed E-state index contributed by atoms with van der Waals surface area (Å²) in [5, 5.41) is 9.99. The van der Waals surface area contributed by atoms with Crippen molar-refractivity contribution in [3.05, 3.63) is 35.5 Å². The highest BCUT2D eigenvalue weighted by atomic mass is 16.6. The summed E-state index contributed by atoms with van der Waals surface area (Å²) >= 11 is 0. The van der Waals surface area contributed by atoms with Crippen molar-refractivity contribution >= 4 is 23.0 Å². The molecule has 0 saturated carbocycles. The van der Waals surface area contributed by atoms with Crippen molar-refractivity contribution in [3.63, 3.8) is 0 Å². The van der Waals surface area contributed by atoms with Gasteiger partial charge in [0.1, 0.15) is 11.3 Å². The van der Waals surface area contributed by atoms with Gasteiger partial charge in [-0.2, -0.15) is 0 Å². The first-order valence-corrected chi connectivity index (χ1v) is 8.57. The number of nitrogens with one attached hydrogen (secondary N) is 1. The number of amides is 1. The SMILES string of the molecule is CC(C)(C)OC(=O)N1CCC(c2ccc3[nH]c(C(=O)O)cc3c2)CC1. The molecule has 3 rings (SSSR count). The van der Waals surface area contributed by atoms with E-state index in [9.17, 15) is 9.59 Å². The monoisotopic (exact) mass is 344 g/mol. The molecular formula is C19H24N2O4. The summed E-state index contributed by atoms with van der Waals surface area (Å²) in [5.41, 5.74) is 1.74. The molecule has 2 heterocycles. The summed E-state index contributed by atoms with van der Waals surface area (Å²) in [6.45, 7) is 6.95. The van der Waals surface area contributed by atoms with E-state index in [-0.39, 0.29) is 11.8 Å². The van der Waals surface area contributed by atoms with Crippen molar-refractivity contribution < 1.29 is 19.4 Å². The van der Waals surface area contributed by atoms with Crippen molar-refractivity contribution in [1.29, 1.82) is 0 Å². The normalized spacial score (nSPS) is 16.2. The van der Waals surface area contributed by atoms with Gasteiger partial charge in [-0.1, -0.05) is 6.07 Å². The van der Waals surface area contributed by atoms with Gasteiger partial charge in [0, 0.05) is 24.0 Å². The maximum atomic E-state index is 12.1. The van der Waals surface area contributed by atoms with Gasteiger partial charge in [-0.15, -0.1) is 0 Å². The van der Waals surface area contributed by atoms with Gasteiger partial charge in [-0.25, -0.2) is 9.59 Å². The molecule has 0 unspecified atom stereocenters. The second kappa shape index (κ2) is 6.43. The van der Waals surface area contributed by atoms with Gasteiger partial charge in [0.2, 0.25) is 0 Å². The molecular weight excluding hydrogens is 320 g/mol. The summed E-state index contributed by atoms with van der Waals surface area (Å²) < 4.78 is 5.43. The molecule has 134 valence electrons. The van der Waals surface area contributed by atoms with Crippen LogP contribution < -0.4 is 0 Å². The molecule has 1 amide bonds. The lowest BCUT2D eigenvalue weighted by atomic mass is 9.89. The molecule has 6 heteroatoms. The van der Waals surface area contributed by atoms with Gasteiger partial charge in [-0.3, -0.25) is 0 Å². The van der Waals surface area contributed by atoms with E-state index >= 15 is 0 Å². The van der Waals surface area contributed by atoms with Gasteiger partial charge < -0.3 is 19.7 Å². The Morgan fingerprint density at radius 1 is 1.20 bits per heavy atom. The Hall–Kier alpha value is -2.50. The highest BCUT2D eigenvalue weighted by molar-refractivity contribution is 5.93. The van der Waals surface area contributed by atoms with E-state index in [1.165, 1.54) is 5.56 Å². The Morgan fingerprint density at radius 3 is 2.48 bits per heavy atom. The number of aromatic nitrogens is 1. The number of benzene rings is 1. The minimum atomic E-state index is -0.955. The standard InChI is InChI=1S/C19H24N2O4/c1-19(2,3)25-18(24)21-8-6-12(7-9-21)13-4-5-15-14(10-13)11-16(20-15)17(22)23/h4-5,10-12,20H,6-9H2,1-3H3,(H,22,23). The van der Waals surface area contributed by atoms with Gasteiger partial charge in [-0.05, 0) is 63.3 Å². The summed E-state index contributed by atoms with van der Waals surface area (Å²) in [6, 6.07) is 7.68. The summed E-state index contributed by atoms with van der Waals surface area (Å²) in [7, 11) is 0. The number of aromatic carboxylic acids is 1. The number of aromatic amines is 1. The molecule has 1 aromatic heterocycles. The number of ether oxygens (including phenoxy) is 1. The minimum Gasteiger partial charge on any atom is -0.477 e. The van der Waals surface area contributed by atoms with Crippen molar-refractivity contribution in [2.24, 2.45) is 0 Å². The number of rotatable bonds is 2. The molecule has 0 bridgehead atoms. The third-order valence-electron chi connectivity index (χ3n) is 4.49. The topological polar surface area (TPSA) is 82.6 Å². The van der Waals surface area contributed by atoms with Crippen LogP contribution in [0.25, 0.3) is 10.9 Å². The van der Waals surface area contributed by atoms with Crippen molar-refractivity contribution in [3.8, 4) is 0 Å². The number of carbonyl (C=O) groups is 2. The molecule has 2 aromatic rings. The lowest BCUT2D eigenvalue weighted by Crippen LogP contribution is -2.41. The first kappa shape index (κ1) is 17.3. The molecule has 6 nitrogen and oxygen atoms in total. The van der Waals surface area contributed by atoms with Crippen LogP contribution in [0.4, 0.5) is 4.79 Å². The van der Waals surface area contributed by atoms with Crippen LogP contribution in [-0.4, -0.2) is 45.7 Å². The summed E-state index contributed by atoms with van der Waals surface area (Å²) in [4.78, 5) is 27.9. The Morgan fingerprint density at radius 2 is 1.88 bits per heavy atom. The molecule has 0 atom stereocenters. The molecule has 1 aliphatic rings.